The molecule has 1 aliphatic heterocycles. The molecule has 0 saturated carbocycles. The predicted molar refractivity (Wildman–Crippen MR) is 58.6 cm³/mol. The molecule has 0 bridgehead atoms. The van der Waals surface area contributed by atoms with Crippen molar-refractivity contribution < 1.29 is 22.6 Å². The van der Waals surface area contributed by atoms with Gasteiger partial charge in [-0.3, -0.25) is 0 Å². The Balaban J connectivity index is 2.06. The fourth-order valence-electron chi connectivity index (χ4n) is 1.56. The molecule has 0 atom stereocenters. The van der Waals surface area contributed by atoms with Crippen LogP contribution in [0.25, 0.3) is 0 Å². The molecule has 0 aliphatic carbocycles. The van der Waals surface area contributed by atoms with Crippen LogP contribution in [0, 0.1) is 0 Å². The van der Waals surface area contributed by atoms with Crippen molar-refractivity contribution in [2.45, 2.75) is 6.18 Å². The molecule has 2 aromatic rings. The van der Waals surface area contributed by atoms with E-state index < -0.39 is 11.7 Å². The minimum Gasteiger partial charge on any atom is -0.446 e. The van der Waals surface area contributed by atoms with Gasteiger partial charge in [0.2, 0.25) is 5.75 Å². The van der Waals surface area contributed by atoms with E-state index in [2.05, 4.69) is 10.2 Å². The van der Waals surface area contributed by atoms with Gasteiger partial charge < -0.3 is 9.47 Å². The van der Waals surface area contributed by atoms with Crippen molar-refractivity contribution >= 4 is 11.6 Å². The highest BCUT2D eigenvalue weighted by Gasteiger charge is 2.33. The third-order valence-electron chi connectivity index (χ3n) is 2.42. The molecule has 0 N–H and O–H groups in total. The average Bonchev–Trinajstić information content (AvgIpc) is 2.35. The summed E-state index contributed by atoms with van der Waals surface area (Å²) >= 11 is 5.83. The van der Waals surface area contributed by atoms with Gasteiger partial charge in [0.15, 0.2) is 11.5 Å². The van der Waals surface area contributed by atoms with E-state index in [9.17, 15) is 13.2 Å². The maximum atomic E-state index is 12.6. The van der Waals surface area contributed by atoms with Crippen LogP contribution < -0.4 is 9.47 Å². The lowest BCUT2D eigenvalue weighted by atomic mass is 10.2. The van der Waals surface area contributed by atoms with Crippen molar-refractivity contribution in [3.05, 3.63) is 35.0 Å². The van der Waals surface area contributed by atoms with Crippen LogP contribution in [0.5, 0.6) is 23.1 Å². The van der Waals surface area contributed by atoms with E-state index in [1.807, 2.05) is 0 Å². The molecule has 0 radical (unpaired) electrons. The first kappa shape index (κ1) is 12.0. The molecule has 0 saturated heterocycles. The minimum atomic E-state index is -4.46. The zero-order chi connectivity index (χ0) is 13.6. The lowest BCUT2D eigenvalue weighted by Gasteiger charge is -2.20. The normalized spacial score (nSPS) is 13.1. The predicted octanol–water partition coefficient (Wildman–Crippen LogP) is 4.05. The molecule has 1 aliphatic rings. The number of aromatic nitrogens is 2. The Hall–Kier alpha value is -2.02. The van der Waals surface area contributed by atoms with Crippen molar-refractivity contribution in [1.29, 1.82) is 0 Å². The van der Waals surface area contributed by atoms with Crippen LogP contribution in [-0.2, 0) is 6.18 Å². The van der Waals surface area contributed by atoms with Crippen molar-refractivity contribution in [1.82, 2.24) is 10.2 Å². The summed E-state index contributed by atoms with van der Waals surface area (Å²) in [5.74, 6) is 0.109. The van der Waals surface area contributed by atoms with Gasteiger partial charge >= 0.3 is 6.18 Å². The van der Waals surface area contributed by atoms with E-state index in [4.69, 9.17) is 21.1 Å². The molecular formula is C11H4ClF3N2O2. The number of halogens is 4. The third kappa shape index (κ3) is 2.06. The Bertz CT molecular complexity index is 661. The zero-order valence-electron chi connectivity index (χ0n) is 9.03. The lowest BCUT2D eigenvalue weighted by molar-refractivity contribution is -0.137. The fourth-order valence-corrected chi connectivity index (χ4v) is 1.72. The molecule has 8 heteroatoms. The molecular weight excluding hydrogens is 285 g/mol. The molecule has 4 nitrogen and oxygen atoms in total. The summed E-state index contributed by atoms with van der Waals surface area (Å²) < 4.78 is 48.3. The summed E-state index contributed by atoms with van der Waals surface area (Å²) in [6, 6.07) is 2.90. The smallest absolute Gasteiger partial charge is 0.416 e. The minimum absolute atomic E-state index is 0.0701. The van der Waals surface area contributed by atoms with E-state index in [-0.39, 0.29) is 28.2 Å². The number of hydrogen-bond acceptors (Lipinski definition) is 4. The number of hydrogen-bond donors (Lipinski definition) is 0. The van der Waals surface area contributed by atoms with Crippen LogP contribution in [0.1, 0.15) is 5.56 Å². The van der Waals surface area contributed by atoms with Gasteiger partial charge in [0, 0.05) is 0 Å². The second-order valence-corrected chi connectivity index (χ2v) is 4.10. The van der Waals surface area contributed by atoms with Gasteiger partial charge in [-0.25, -0.2) is 0 Å². The number of benzene rings is 1. The first-order chi connectivity index (χ1) is 8.95. The Morgan fingerprint density at radius 1 is 1.11 bits per heavy atom. The number of ether oxygens (including phenoxy) is 2. The Morgan fingerprint density at radius 3 is 2.63 bits per heavy atom. The maximum absolute atomic E-state index is 12.6. The first-order valence-electron chi connectivity index (χ1n) is 5.03. The summed E-state index contributed by atoms with van der Waals surface area (Å²) in [6.07, 6.45) is -3.21. The highest BCUT2D eigenvalue weighted by atomic mass is 35.5. The van der Waals surface area contributed by atoms with E-state index in [1.165, 1.54) is 6.20 Å². The second-order valence-electron chi connectivity index (χ2n) is 3.69. The standard InChI is InChI=1S/C11H4ClF3N2O2/c12-6-4-16-17-10-9(6)18-7-2-1-5(11(13,14)15)3-8(7)19-10/h1-4H. The summed E-state index contributed by atoms with van der Waals surface area (Å²) in [4.78, 5) is 0. The third-order valence-corrected chi connectivity index (χ3v) is 2.69. The summed E-state index contributed by atoms with van der Waals surface area (Å²) in [6.45, 7) is 0. The van der Waals surface area contributed by atoms with E-state index >= 15 is 0 Å². The van der Waals surface area contributed by atoms with Gasteiger partial charge in [-0.15, -0.1) is 5.10 Å². The van der Waals surface area contributed by atoms with Crippen molar-refractivity contribution in [2.75, 3.05) is 0 Å². The average molecular weight is 289 g/mol. The highest BCUT2D eigenvalue weighted by molar-refractivity contribution is 6.32. The highest BCUT2D eigenvalue weighted by Crippen LogP contribution is 2.48. The van der Waals surface area contributed by atoms with Crippen LogP contribution in [0.3, 0.4) is 0 Å². The van der Waals surface area contributed by atoms with Crippen molar-refractivity contribution in [2.24, 2.45) is 0 Å². The summed E-state index contributed by atoms with van der Waals surface area (Å²) in [5, 5.41) is 7.30. The molecule has 0 amide bonds. The molecule has 19 heavy (non-hydrogen) atoms. The molecule has 98 valence electrons. The van der Waals surface area contributed by atoms with E-state index in [0.29, 0.717) is 0 Å². The number of nitrogens with zero attached hydrogens (tertiary/aromatic N) is 2. The van der Waals surface area contributed by atoms with E-state index in [0.717, 1.165) is 18.2 Å². The second kappa shape index (κ2) is 3.99. The molecule has 0 fully saturated rings. The molecule has 1 aromatic heterocycles. The first-order valence-corrected chi connectivity index (χ1v) is 5.41. The number of rotatable bonds is 0. The molecule has 1 aromatic carbocycles. The summed E-state index contributed by atoms with van der Waals surface area (Å²) in [5.41, 5.74) is -0.840. The molecule has 2 heterocycles. The van der Waals surface area contributed by atoms with Gasteiger partial charge in [-0.1, -0.05) is 11.6 Å². The Morgan fingerprint density at radius 2 is 1.89 bits per heavy atom. The fraction of sp³-hybridized carbons (Fsp3) is 0.0909. The largest absolute Gasteiger partial charge is 0.446 e. The van der Waals surface area contributed by atoms with Gasteiger partial charge in [-0.05, 0) is 18.2 Å². The van der Waals surface area contributed by atoms with Crippen LogP contribution in [-0.4, -0.2) is 10.2 Å². The quantitative estimate of drug-likeness (QED) is 0.626. The van der Waals surface area contributed by atoms with Crippen molar-refractivity contribution in [3.63, 3.8) is 0 Å². The van der Waals surface area contributed by atoms with Gasteiger partial charge in [0.05, 0.1) is 11.8 Å². The molecule has 3 rings (SSSR count). The Labute approximate surface area is 109 Å². The monoisotopic (exact) mass is 288 g/mol. The molecule has 0 spiro atoms. The van der Waals surface area contributed by atoms with Crippen LogP contribution >= 0.6 is 11.6 Å². The lowest BCUT2D eigenvalue weighted by Crippen LogP contribution is -2.07. The van der Waals surface area contributed by atoms with Gasteiger partial charge in [0.1, 0.15) is 5.02 Å². The van der Waals surface area contributed by atoms with Crippen LogP contribution in [0.4, 0.5) is 13.2 Å². The zero-order valence-corrected chi connectivity index (χ0v) is 9.79. The topological polar surface area (TPSA) is 44.2 Å². The summed E-state index contributed by atoms with van der Waals surface area (Å²) in [7, 11) is 0. The SMILES string of the molecule is FC(F)(F)c1ccc2c(c1)Oc1nncc(Cl)c1O2. The van der Waals surface area contributed by atoms with E-state index in [1.54, 1.807) is 0 Å². The van der Waals surface area contributed by atoms with Gasteiger partial charge in [-0.2, -0.15) is 18.3 Å². The molecule has 0 unspecified atom stereocenters. The van der Waals surface area contributed by atoms with Crippen LogP contribution in [0.15, 0.2) is 24.4 Å². The maximum Gasteiger partial charge on any atom is 0.416 e. The van der Waals surface area contributed by atoms with Crippen LogP contribution in [0.2, 0.25) is 5.02 Å². The number of fused-ring (bicyclic) bond motifs is 2. The van der Waals surface area contributed by atoms with Gasteiger partial charge in [0.25, 0.3) is 5.88 Å². The Kier molecular flexibility index (Phi) is 2.53. The van der Waals surface area contributed by atoms with Crippen molar-refractivity contribution in [3.8, 4) is 23.1 Å². The number of alkyl halides is 3.